The Morgan fingerprint density at radius 2 is 1.61 bits per heavy atom. The first-order chi connectivity index (χ1) is 13.8. The summed E-state index contributed by atoms with van der Waals surface area (Å²) in [5, 5.41) is 6.42. The quantitative estimate of drug-likeness (QED) is 0.495. The Morgan fingerprint density at radius 1 is 0.857 bits per heavy atom. The van der Waals surface area contributed by atoms with Gasteiger partial charge in [0.1, 0.15) is 12.4 Å². The van der Waals surface area contributed by atoms with Gasteiger partial charge in [0, 0.05) is 18.2 Å². The lowest BCUT2D eigenvalue weighted by Gasteiger charge is -2.20. The van der Waals surface area contributed by atoms with Crippen LogP contribution in [0.15, 0.2) is 60.7 Å². The van der Waals surface area contributed by atoms with Crippen molar-refractivity contribution in [1.29, 1.82) is 0 Å². The molecule has 0 spiro atoms. The Kier molecular flexibility index (Phi) is 6.28. The highest BCUT2D eigenvalue weighted by atomic mass is 16.5. The fourth-order valence-electron chi connectivity index (χ4n) is 4.29. The second-order valence-electron chi connectivity index (χ2n) is 8.05. The van der Waals surface area contributed by atoms with Crippen LogP contribution in [0, 0.1) is 6.92 Å². The van der Waals surface area contributed by atoms with E-state index in [1.54, 1.807) is 0 Å². The predicted octanol–water partition coefficient (Wildman–Crippen LogP) is 6.54. The molecule has 1 fully saturated rings. The minimum atomic E-state index is 0.613. The topological polar surface area (TPSA) is 21.3 Å². The van der Waals surface area contributed by atoms with Gasteiger partial charge in [-0.15, -0.1) is 0 Å². The smallest absolute Gasteiger partial charge is 0.124 e. The predicted molar refractivity (Wildman–Crippen MR) is 118 cm³/mol. The molecule has 28 heavy (non-hydrogen) atoms. The lowest BCUT2D eigenvalue weighted by molar-refractivity contribution is 0.301. The molecule has 0 aromatic heterocycles. The van der Waals surface area contributed by atoms with Gasteiger partial charge in [-0.05, 0) is 47.7 Å². The number of benzene rings is 3. The third-order valence-electron chi connectivity index (χ3n) is 6.06. The van der Waals surface area contributed by atoms with Crippen LogP contribution in [-0.2, 0) is 13.2 Å². The highest BCUT2D eigenvalue weighted by Gasteiger charge is 2.15. The van der Waals surface area contributed by atoms with Crippen LogP contribution in [-0.4, -0.2) is 6.04 Å². The van der Waals surface area contributed by atoms with E-state index in [2.05, 4.69) is 72.9 Å². The molecule has 0 aliphatic heterocycles. The zero-order chi connectivity index (χ0) is 19.2. The van der Waals surface area contributed by atoms with Gasteiger partial charge in [-0.3, -0.25) is 0 Å². The summed E-state index contributed by atoms with van der Waals surface area (Å²) in [7, 11) is 0. The van der Waals surface area contributed by atoms with Crippen molar-refractivity contribution in [3.8, 4) is 5.75 Å². The van der Waals surface area contributed by atoms with Crippen LogP contribution < -0.4 is 10.1 Å². The Labute approximate surface area is 168 Å². The molecular formula is C26H31NO. The van der Waals surface area contributed by atoms with Crippen LogP contribution in [0.25, 0.3) is 10.8 Å². The average molecular weight is 374 g/mol. The van der Waals surface area contributed by atoms with E-state index in [0.29, 0.717) is 12.6 Å². The molecule has 0 heterocycles. The zero-order valence-electron chi connectivity index (χ0n) is 16.9. The average Bonchev–Trinajstić information content (AvgIpc) is 3.01. The monoisotopic (exact) mass is 373 g/mol. The molecule has 0 unspecified atom stereocenters. The molecule has 0 saturated heterocycles. The molecule has 3 aromatic carbocycles. The second kappa shape index (κ2) is 9.25. The van der Waals surface area contributed by atoms with Crippen molar-refractivity contribution < 1.29 is 4.74 Å². The molecule has 0 radical (unpaired) electrons. The van der Waals surface area contributed by atoms with Crippen LogP contribution in [0.3, 0.4) is 0 Å². The summed E-state index contributed by atoms with van der Waals surface area (Å²) >= 11 is 0. The van der Waals surface area contributed by atoms with E-state index in [4.69, 9.17) is 4.74 Å². The summed E-state index contributed by atoms with van der Waals surface area (Å²) in [5.41, 5.74) is 3.82. The minimum Gasteiger partial charge on any atom is -0.489 e. The van der Waals surface area contributed by atoms with Crippen LogP contribution in [0.5, 0.6) is 5.75 Å². The maximum absolute atomic E-state index is 6.34. The summed E-state index contributed by atoms with van der Waals surface area (Å²) in [5.74, 6) is 1.00. The fraction of sp³-hybridized carbons (Fsp3) is 0.385. The Morgan fingerprint density at radius 3 is 2.43 bits per heavy atom. The maximum Gasteiger partial charge on any atom is 0.124 e. The first kappa shape index (κ1) is 19.0. The molecule has 0 amide bonds. The summed E-state index contributed by atoms with van der Waals surface area (Å²) in [6.45, 7) is 3.63. The van der Waals surface area contributed by atoms with Crippen LogP contribution in [0.4, 0.5) is 0 Å². The number of nitrogens with one attached hydrogen (secondary N) is 1. The van der Waals surface area contributed by atoms with Crippen molar-refractivity contribution in [1.82, 2.24) is 5.32 Å². The van der Waals surface area contributed by atoms with E-state index in [1.807, 2.05) is 0 Å². The first-order valence-corrected chi connectivity index (χ1v) is 10.7. The number of ether oxygens (including phenoxy) is 1. The Hall–Kier alpha value is -2.32. The first-order valence-electron chi connectivity index (χ1n) is 10.7. The largest absolute Gasteiger partial charge is 0.489 e. The number of fused-ring (bicyclic) bond motifs is 1. The van der Waals surface area contributed by atoms with Crippen molar-refractivity contribution in [3.05, 3.63) is 77.4 Å². The molecule has 0 bridgehead atoms. The van der Waals surface area contributed by atoms with Gasteiger partial charge in [0.25, 0.3) is 0 Å². The summed E-state index contributed by atoms with van der Waals surface area (Å²) in [4.78, 5) is 0. The third-order valence-corrected chi connectivity index (χ3v) is 6.06. The number of rotatable bonds is 6. The van der Waals surface area contributed by atoms with E-state index in [0.717, 1.165) is 12.3 Å². The van der Waals surface area contributed by atoms with Gasteiger partial charge in [-0.1, -0.05) is 80.3 Å². The maximum atomic E-state index is 6.34. The molecule has 1 aliphatic rings. The van der Waals surface area contributed by atoms with Gasteiger partial charge < -0.3 is 10.1 Å². The molecule has 2 nitrogen and oxygen atoms in total. The molecule has 3 aromatic rings. The van der Waals surface area contributed by atoms with Crippen LogP contribution in [0.2, 0.25) is 0 Å². The molecule has 1 N–H and O–H groups in total. The Balaban J connectivity index is 1.56. The number of hydrogen-bond acceptors (Lipinski definition) is 2. The fourth-order valence-corrected chi connectivity index (χ4v) is 4.29. The molecule has 2 heteroatoms. The number of hydrogen-bond donors (Lipinski definition) is 1. The van der Waals surface area contributed by atoms with Gasteiger partial charge >= 0.3 is 0 Å². The van der Waals surface area contributed by atoms with Crippen LogP contribution >= 0.6 is 0 Å². The van der Waals surface area contributed by atoms with E-state index in [-0.39, 0.29) is 0 Å². The van der Waals surface area contributed by atoms with Crippen molar-refractivity contribution in [2.75, 3.05) is 0 Å². The standard InChI is InChI=1S/C26H31NO/c1-20-10-6-7-12-22(20)19-28-26-17-16-21-11-8-9-15-24(21)25(26)18-27-23-13-4-2-3-5-14-23/h6-12,15-17,23,27H,2-5,13-14,18-19H2,1H3. The SMILES string of the molecule is Cc1ccccc1COc1ccc2ccccc2c1CNC1CCCCCC1. The van der Waals surface area contributed by atoms with Gasteiger partial charge in [0.2, 0.25) is 0 Å². The summed E-state index contributed by atoms with van der Waals surface area (Å²) in [6, 6.07) is 22.1. The van der Waals surface area contributed by atoms with Gasteiger partial charge in [-0.25, -0.2) is 0 Å². The summed E-state index contributed by atoms with van der Waals surface area (Å²) in [6.07, 6.45) is 8.07. The third kappa shape index (κ3) is 4.56. The molecule has 146 valence electrons. The van der Waals surface area contributed by atoms with E-state index >= 15 is 0 Å². The zero-order valence-corrected chi connectivity index (χ0v) is 16.9. The lowest BCUT2D eigenvalue weighted by Crippen LogP contribution is -2.28. The molecule has 1 saturated carbocycles. The van der Waals surface area contributed by atoms with Gasteiger partial charge in [0.15, 0.2) is 0 Å². The number of aryl methyl sites for hydroxylation is 1. The highest BCUT2D eigenvalue weighted by Crippen LogP contribution is 2.29. The molecule has 0 atom stereocenters. The Bertz CT molecular complexity index is 909. The second-order valence-corrected chi connectivity index (χ2v) is 8.05. The van der Waals surface area contributed by atoms with E-state index in [9.17, 15) is 0 Å². The molecule has 1 aliphatic carbocycles. The van der Waals surface area contributed by atoms with E-state index in [1.165, 1.54) is 66.0 Å². The van der Waals surface area contributed by atoms with Crippen molar-refractivity contribution in [2.45, 2.75) is 64.6 Å². The van der Waals surface area contributed by atoms with Gasteiger partial charge in [-0.2, -0.15) is 0 Å². The minimum absolute atomic E-state index is 0.613. The highest BCUT2D eigenvalue weighted by molar-refractivity contribution is 5.87. The summed E-state index contributed by atoms with van der Waals surface area (Å²) < 4.78 is 6.34. The molecular weight excluding hydrogens is 342 g/mol. The van der Waals surface area contributed by atoms with Crippen molar-refractivity contribution in [2.24, 2.45) is 0 Å². The van der Waals surface area contributed by atoms with E-state index < -0.39 is 0 Å². The van der Waals surface area contributed by atoms with Gasteiger partial charge in [0.05, 0.1) is 0 Å². The van der Waals surface area contributed by atoms with Crippen LogP contribution in [0.1, 0.15) is 55.2 Å². The molecule has 4 rings (SSSR count). The van der Waals surface area contributed by atoms with Crippen molar-refractivity contribution >= 4 is 10.8 Å². The normalized spacial score (nSPS) is 15.5. The lowest BCUT2D eigenvalue weighted by atomic mass is 10.0. The van der Waals surface area contributed by atoms with Crippen molar-refractivity contribution in [3.63, 3.8) is 0 Å².